The van der Waals surface area contributed by atoms with Gasteiger partial charge in [0, 0.05) is 17.7 Å². The topological polar surface area (TPSA) is 149 Å². The lowest BCUT2D eigenvalue weighted by Crippen LogP contribution is -2.29. The molecule has 1 aliphatic heterocycles. The molecule has 2 heterocycles. The summed E-state index contributed by atoms with van der Waals surface area (Å²) in [5.74, 6) is -2.48. The number of amides is 1. The number of ether oxygens (including phenoxy) is 2. The quantitative estimate of drug-likeness (QED) is 0.120. The molecule has 1 N–H and O–H groups in total. The number of aromatic nitrogens is 1. The number of carbonyl (C=O) groups excluding carboxylic acids is 3. The van der Waals surface area contributed by atoms with E-state index in [1.54, 1.807) is 26.0 Å². The highest BCUT2D eigenvalue weighted by Crippen LogP contribution is 2.44. The SMILES string of the molecule is CCOC(=O)c1sc(N2C(=O)C(=O)/C(=C(/O)c3ccc(OC)cc3)C2c2ccc([N+](=O)[O-])cc2)nc1C. The van der Waals surface area contributed by atoms with E-state index in [1.165, 1.54) is 43.5 Å². The van der Waals surface area contributed by atoms with Crippen LogP contribution in [0, 0.1) is 17.0 Å². The van der Waals surface area contributed by atoms with E-state index in [-0.39, 0.29) is 33.4 Å². The number of nitro benzene ring substituents is 1. The molecule has 1 aliphatic rings. The summed E-state index contributed by atoms with van der Waals surface area (Å²) < 4.78 is 10.2. The van der Waals surface area contributed by atoms with Gasteiger partial charge in [-0.3, -0.25) is 24.6 Å². The smallest absolute Gasteiger partial charge is 0.350 e. The third-order valence-electron chi connectivity index (χ3n) is 5.68. The monoisotopic (exact) mass is 523 g/mol. The number of carbonyl (C=O) groups is 3. The number of anilines is 1. The lowest BCUT2D eigenvalue weighted by Gasteiger charge is -2.23. The number of aliphatic hydroxyl groups excluding tert-OH is 1. The molecule has 0 bridgehead atoms. The van der Waals surface area contributed by atoms with Gasteiger partial charge in [-0.05, 0) is 55.8 Å². The molecule has 1 unspecified atom stereocenters. The fraction of sp³-hybridized carbons (Fsp3) is 0.200. The average molecular weight is 524 g/mol. The number of methoxy groups -OCH3 is 1. The number of aliphatic hydroxyl groups is 1. The summed E-state index contributed by atoms with van der Waals surface area (Å²) in [6, 6.07) is 10.3. The molecule has 37 heavy (non-hydrogen) atoms. The minimum atomic E-state index is -1.16. The predicted octanol–water partition coefficient (Wildman–Crippen LogP) is 4.17. The number of aryl methyl sites for hydroxylation is 1. The fourth-order valence-electron chi connectivity index (χ4n) is 3.90. The number of hydrogen-bond donors (Lipinski definition) is 1. The molecule has 190 valence electrons. The van der Waals surface area contributed by atoms with E-state index in [0.29, 0.717) is 17.0 Å². The third kappa shape index (κ3) is 4.66. The molecule has 12 heteroatoms. The van der Waals surface area contributed by atoms with Crippen molar-refractivity contribution in [1.29, 1.82) is 0 Å². The van der Waals surface area contributed by atoms with E-state index < -0.39 is 34.4 Å². The zero-order valence-corrected chi connectivity index (χ0v) is 20.8. The zero-order valence-electron chi connectivity index (χ0n) is 20.0. The van der Waals surface area contributed by atoms with E-state index in [0.717, 1.165) is 16.2 Å². The van der Waals surface area contributed by atoms with Gasteiger partial charge in [0.25, 0.3) is 11.5 Å². The minimum Gasteiger partial charge on any atom is -0.507 e. The number of nitro groups is 1. The molecule has 1 atom stereocenters. The maximum atomic E-state index is 13.3. The van der Waals surface area contributed by atoms with Crippen LogP contribution in [0.15, 0.2) is 54.1 Å². The molecular weight excluding hydrogens is 502 g/mol. The summed E-state index contributed by atoms with van der Waals surface area (Å²) in [5.41, 5.74) is 0.469. The Morgan fingerprint density at radius 1 is 1.16 bits per heavy atom. The molecule has 0 radical (unpaired) electrons. The van der Waals surface area contributed by atoms with E-state index in [9.17, 15) is 29.6 Å². The summed E-state index contributed by atoms with van der Waals surface area (Å²) in [5, 5.41) is 22.4. The number of ketones is 1. The van der Waals surface area contributed by atoms with Gasteiger partial charge in [0.1, 0.15) is 16.4 Å². The summed E-state index contributed by atoms with van der Waals surface area (Å²) in [6.45, 7) is 3.36. The van der Waals surface area contributed by atoms with Crippen molar-refractivity contribution in [3.8, 4) is 5.75 Å². The number of hydrogen-bond acceptors (Lipinski definition) is 10. The first-order valence-corrected chi connectivity index (χ1v) is 11.8. The van der Waals surface area contributed by atoms with Gasteiger partial charge in [-0.2, -0.15) is 0 Å². The van der Waals surface area contributed by atoms with Gasteiger partial charge >= 0.3 is 11.9 Å². The lowest BCUT2D eigenvalue weighted by molar-refractivity contribution is -0.384. The van der Waals surface area contributed by atoms with Crippen LogP contribution in [-0.4, -0.2) is 46.4 Å². The highest BCUT2D eigenvalue weighted by Gasteiger charge is 2.48. The Balaban J connectivity index is 1.90. The highest BCUT2D eigenvalue weighted by molar-refractivity contribution is 7.17. The first-order chi connectivity index (χ1) is 17.7. The van der Waals surface area contributed by atoms with E-state index in [2.05, 4.69) is 4.98 Å². The van der Waals surface area contributed by atoms with Crippen LogP contribution < -0.4 is 9.64 Å². The van der Waals surface area contributed by atoms with E-state index >= 15 is 0 Å². The Morgan fingerprint density at radius 3 is 2.38 bits per heavy atom. The van der Waals surface area contributed by atoms with Crippen LogP contribution in [0.4, 0.5) is 10.8 Å². The number of nitrogens with zero attached hydrogens (tertiary/aromatic N) is 3. The van der Waals surface area contributed by atoms with Crippen LogP contribution in [0.25, 0.3) is 5.76 Å². The summed E-state index contributed by atoms with van der Waals surface area (Å²) >= 11 is 0.870. The molecule has 1 amide bonds. The van der Waals surface area contributed by atoms with Crippen LogP contribution in [0.1, 0.15) is 39.5 Å². The molecule has 2 aromatic carbocycles. The Kier molecular flexibility index (Phi) is 7.02. The average Bonchev–Trinajstić information content (AvgIpc) is 3.40. The van der Waals surface area contributed by atoms with Gasteiger partial charge in [0.2, 0.25) is 0 Å². The summed E-state index contributed by atoms with van der Waals surface area (Å²) in [7, 11) is 1.48. The van der Waals surface area contributed by atoms with Crippen LogP contribution in [-0.2, 0) is 14.3 Å². The second-order valence-electron chi connectivity index (χ2n) is 7.88. The summed E-state index contributed by atoms with van der Waals surface area (Å²) in [6.07, 6.45) is 0. The van der Waals surface area contributed by atoms with Crippen molar-refractivity contribution in [2.24, 2.45) is 0 Å². The molecule has 1 saturated heterocycles. The first kappa shape index (κ1) is 25.5. The number of rotatable bonds is 7. The van der Waals surface area contributed by atoms with Crippen LogP contribution in [0.2, 0.25) is 0 Å². The molecular formula is C25H21N3O8S. The maximum absolute atomic E-state index is 13.3. The number of non-ortho nitro benzene ring substituents is 1. The zero-order chi connectivity index (χ0) is 26.9. The lowest BCUT2D eigenvalue weighted by atomic mass is 9.95. The standard InChI is InChI=1S/C25H21N3O8S/c1-4-36-24(32)22-13(2)26-25(37-22)27-19(14-5-9-16(10-6-14)28(33)34)18(21(30)23(27)31)20(29)15-7-11-17(35-3)12-8-15/h5-12,19,29H,4H2,1-3H3/b20-18+. The number of thiazole rings is 1. The number of benzene rings is 2. The van der Waals surface area contributed by atoms with Crippen LogP contribution in [0.3, 0.4) is 0 Å². The molecule has 3 aromatic rings. The van der Waals surface area contributed by atoms with Crippen molar-refractivity contribution in [2.75, 3.05) is 18.6 Å². The number of esters is 1. The molecule has 0 saturated carbocycles. The van der Waals surface area contributed by atoms with Gasteiger partial charge < -0.3 is 14.6 Å². The second-order valence-corrected chi connectivity index (χ2v) is 8.86. The Morgan fingerprint density at radius 2 is 1.81 bits per heavy atom. The van der Waals surface area contributed by atoms with Crippen molar-refractivity contribution in [3.05, 3.63) is 85.9 Å². The van der Waals surface area contributed by atoms with Gasteiger partial charge in [-0.25, -0.2) is 9.78 Å². The van der Waals surface area contributed by atoms with Crippen LogP contribution in [0.5, 0.6) is 5.75 Å². The van der Waals surface area contributed by atoms with Gasteiger partial charge in [0.05, 0.1) is 35.9 Å². The number of Topliss-reactive ketones (excluding diaryl/α,β-unsaturated/α-hetero) is 1. The molecule has 11 nitrogen and oxygen atoms in total. The van der Waals surface area contributed by atoms with Crippen molar-refractivity contribution in [3.63, 3.8) is 0 Å². The first-order valence-electron chi connectivity index (χ1n) is 11.0. The Hall–Kier alpha value is -4.58. The maximum Gasteiger partial charge on any atom is 0.350 e. The van der Waals surface area contributed by atoms with E-state index in [4.69, 9.17) is 9.47 Å². The molecule has 4 rings (SSSR count). The van der Waals surface area contributed by atoms with Crippen molar-refractivity contribution >= 4 is 45.6 Å². The molecule has 1 aromatic heterocycles. The van der Waals surface area contributed by atoms with Gasteiger partial charge in [-0.15, -0.1) is 0 Å². The molecule has 0 spiro atoms. The van der Waals surface area contributed by atoms with Crippen molar-refractivity contribution < 1.29 is 33.9 Å². The van der Waals surface area contributed by atoms with Crippen LogP contribution >= 0.6 is 11.3 Å². The minimum absolute atomic E-state index is 0.0415. The third-order valence-corrected chi connectivity index (χ3v) is 6.82. The fourth-order valence-corrected chi connectivity index (χ4v) is 4.89. The second kappa shape index (κ2) is 10.2. The van der Waals surface area contributed by atoms with E-state index in [1.807, 2.05) is 0 Å². The largest absolute Gasteiger partial charge is 0.507 e. The van der Waals surface area contributed by atoms with Crippen molar-refractivity contribution in [2.45, 2.75) is 19.9 Å². The van der Waals surface area contributed by atoms with Crippen molar-refractivity contribution in [1.82, 2.24) is 4.98 Å². The molecule has 1 fully saturated rings. The van der Waals surface area contributed by atoms with Gasteiger partial charge in [-0.1, -0.05) is 11.3 Å². The predicted molar refractivity (Wildman–Crippen MR) is 134 cm³/mol. The Labute approximate surface area is 214 Å². The van der Waals surface area contributed by atoms with Gasteiger partial charge in [0.15, 0.2) is 5.13 Å². The molecule has 0 aliphatic carbocycles. The highest BCUT2D eigenvalue weighted by atomic mass is 32.1. The normalized spacial score (nSPS) is 16.6. The summed E-state index contributed by atoms with van der Waals surface area (Å²) in [4.78, 5) is 55.1. The Bertz CT molecular complexity index is 1430.